The summed E-state index contributed by atoms with van der Waals surface area (Å²) in [5.41, 5.74) is 7.96. The lowest BCUT2D eigenvalue weighted by Crippen LogP contribution is -2.37. The molecular weight excluding hydrogens is 558 g/mol. The quantitative estimate of drug-likeness (QED) is 0.125. The van der Waals surface area contributed by atoms with Crippen LogP contribution in [-0.2, 0) is 26.3 Å². The predicted octanol–water partition coefficient (Wildman–Crippen LogP) is 6.93. The van der Waals surface area contributed by atoms with Crippen LogP contribution in [0.5, 0.6) is 0 Å². The Morgan fingerprint density at radius 2 is 1.86 bits per heavy atom. The van der Waals surface area contributed by atoms with Crippen molar-refractivity contribution in [2.45, 2.75) is 65.8 Å². The average molecular weight is 597 g/mol. The highest BCUT2D eigenvalue weighted by molar-refractivity contribution is 7.19. The summed E-state index contributed by atoms with van der Waals surface area (Å²) in [6, 6.07) is 18.8. The molecule has 0 unspecified atom stereocenters. The fourth-order valence-electron chi connectivity index (χ4n) is 6.79. The molecule has 0 saturated heterocycles. The van der Waals surface area contributed by atoms with Crippen molar-refractivity contribution in [3.63, 3.8) is 0 Å². The number of hydrogen-bond acceptors (Lipinski definition) is 6. The van der Waals surface area contributed by atoms with E-state index >= 15 is 0 Å². The summed E-state index contributed by atoms with van der Waals surface area (Å²) in [4.78, 5) is 24.8. The molecule has 222 valence electrons. The summed E-state index contributed by atoms with van der Waals surface area (Å²) in [5.74, 6) is -0.869. The number of fused-ring (bicyclic) bond motifs is 2. The summed E-state index contributed by atoms with van der Waals surface area (Å²) in [5, 5.41) is 20.9. The number of carbonyl (C=O) groups excluding carboxylic acids is 1. The number of carbonyl (C=O) groups is 2. The van der Waals surface area contributed by atoms with Crippen LogP contribution in [0, 0.1) is 16.7 Å². The molecule has 1 aromatic heterocycles. The number of ether oxygens (including phenoxy) is 1. The van der Waals surface area contributed by atoms with Crippen LogP contribution in [0.4, 0.5) is 5.69 Å². The number of hydrogen-bond donors (Lipinski definition) is 1. The third-order valence-corrected chi connectivity index (χ3v) is 9.74. The highest BCUT2D eigenvalue weighted by atomic mass is 32.1. The van der Waals surface area contributed by atoms with Crippen LogP contribution >= 0.6 is 11.3 Å². The lowest BCUT2D eigenvalue weighted by molar-refractivity contribution is -0.668. The second-order valence-corrected chi connectivity index (χ2v) is 13.6. The van der Waals surface area contributed by atoms with Gasteiger partial charge in [-0.2, -0.15) is 9.83 Å². The molecule has 3 aromatic rings. The van der Waals surface area contributed by atoms with Gasteiger partial charge in [-0.3, -0.25) is 9.59 Å². The van der Waals surface area contributed by atoms with Gasteiger partial charge in [-0.1, -0.05) is 75.4 Å². The van der Waals surface area contributed by atoms with E-state index in [0.29, 0.717) is 25.1 Å². The van der Waals surface area contributed by atoms with Gasteiger partial charge in [0.2, 0.25) is 5.52 Å². The Balaban J connectivity index is 1.69. The smallest absolute Gasteiger partial charge is 0.309 e. The monoisotopic (exact) mass is 596 g/mol. The molecule has 1 N–H and O–H groups in total. The van der Waals surface area contributed by atoms with Crippen molar-refractivity contribution in [3.8, 4) is 6.07 Å². The minimum absolute atomic E-state index is 0.0243. The summed E-state index contributed by atoms with van der Waals surface area (Å²) in [7, 11) is 0. The van der Waals surface area contributed by atoms with E-state index < -0.39 is 5.97 Å². The van der Waals surface area contributed by atoms with Crippen LogP contribution in [-0.4, -0.2) is 30.7 Å². The lowest BCUT2D eigenvalue weighted by Gasteiger charge is -2.35. The van der Waals surface area contributed by atoms with Gasteiger partial charge in [-0.25, -0.2) is 0 Å². The van der Waals surface area contributed by atoms with Gasteiger partial charge in [-0.05, 0) is 59.6 Å². The highest BCUT2D eigenvalue weighted by Gasteiger charge is 2.42. The number of carboxylic acids is 1. The molecule has 2 aliphatic rings. The molecule has 0 fully saturated rings. The summed E-state index contributed by atoms with van der Waals surface area (Å²) in [6.45, 7) is 12.7. The van der Waals surface area contributed by atoms with Gasteiger partial charge in [0.1, 0.15) is 29.4 Å². The van der Waals surface area contributed by atoms with Crippen molar-refractivity contribution in [2.75, 3.05) is 18.1 Å². The Morgan fingerprint density at radius 3 is 2.58 bits per heavy atom. The summed E-state index contributed by atoms with van der Waals surface area (Å²) < 4.78 is 8.14. The van der Waals surface area contributed by atoms with E-state index in [1.165, 1.54) is 28.2 Å². The predicted molar refractivity (Wildman–Crippen MR) is 169 cm³/mol. The average Bonchev–Trinajstić information content (AvgIpc) is 3.43. The normalized spacial score (nSPS) is 19.3. The van der Waals surface area contributed by atoms with Crippen molar-refractivity contribution in [1.82, 2.24) is 0 Å². The standard InChI is InChI=1S/C35H37N3O4S/c1-23(32-35(4,5)27-10-6-7-11-28(27)37(32)16-17-42-22-39)24-18-25(20-34(2,3)19-24)26(21-36)33-38(15-14-31(40)41)29-12-8-9-13-30(29)43-33/h6-13,18,22H,14-17,19-20H2,1-5H3/p+1. The van der Waals surface area contributed by atoms with Gasteiger partial charge < -0.3 is 14.7 Å². The maximum Gasteiger partial charge on any atom is 0.309 e. The van der Waals surface area contributed by atoms with Crippen molar-refractivity contribution in [1.29, 1.82) is 5.26 Å². The fraction of sp³-hybridized carbons (Fsp3) is 0.371. The molecule has 2 aromatic carbocycles. The van der Waals surface area contributed by atoms with E-state index in [1.807, 2.05) is 34.9 Å². The Bertz CT molecular complexity index is 1730. The maximum absolute atomic E-state index is 11.5. The van der Waals surface area contributed by atoms with Crippen molar-refractivity contribution in [2.24, 2.45) is 5.41 Å². The number of nitrogens with zero attached hydrogens (tertiary/aromatic N) is 3. The first-order valence-corrected chi connectivity index (χ1v) is 15.4. The van der Waals surface area contributed by atoms with Gasteiger partial charge in [0.05, 0.1) is 6.54 Å². The number of aryl methyl sites for hydroxylation is 1. The van der Waals surface area contributed by atoms with Crippen LogP contribution in [0.1, 0.15) is 64.5 Å². The number of anilines is 1. The molecule has 0 bridgehead atoms. The Hall–Kier alpha value is -4.22. The number of benzene rings is 2. The Kier molecular flexibility index (Phi) is 8.31. The molecule has 0 saturated carbocycles. The minimum Gasteiger partial charge on any atom is -0.481 e. The molecule has 0 radical (unpaired) electrons. The van der Waals surface area contributed by atoms with E-state index in [4.69, 9.17) is 4.74 Å². The number of allylic oxidation sites excluding steroid dienone is 6. The van der Waals surface area contributed by atoms with E-state index in [-0.39, 0.29) is 23.9 Å². The Morgan fingerprint density at radius 1 is 1.14 bits per heavy atom. The number of aromatic nitrogens is 1. The zero-order chi connectivity index (χ0) is 30.9. The van der Waals surface area contributed by atoms with Gasteiger partial charge in [-0.15, -0.1) is 0 Å². The largest absolute Gasteiger partial charge is 0.481 e. The van der Waals surface area contributed by atoms with Crippen LogP contribution in [0.3, 0.4) is 0 Å². The van der Waals surface area contributed by atoms with Gasteiger partial charge in [0.25, 0.3) is 11.5 Å². The van der Waals surface area contributed by atoms with Gasteiger partial charge in [0.15, 0.2) is 6.54 Å². The number of para-hydroxylation sites is 2. The SMILES string of the molecule is C/C(C1=C/C(=C(\C#N)c2sc3ccccc3[n+]2CCC(=O)O)CC(C)(C)C1)=C1\N(CCOC=O)c2ccccc2C1(C)C. The van der Waals surface area contributed by atoms with Gasteiger partial charge >= 0.3 is 5.97 Å². The number of rotatable bonds is 9. The van der Waals surface area contributed by atoms with E-state index in [0.717, 1.165) is 44.9 Å². The number of thiazole rings is 1. The maximum atomic E-state index is 11.5. The van der Waals surface area contributed by atoms with Crippen LogP contribution < -0.4 is 9.47 Å². The minimum atomic E-state index is -0.869. The molecule has 43 heavy (non-hydrogen) atoms. The summed E-state index contributed by atoms with van der Waals surface area (Å²) in [6.07, 6.45) is 3.75. The molecule has 7 nitrogen and oxygen atoms in total. The van der Waals surface area contributed by atoms with Crippen molar-refractivity contribution in [3.05, 3.63) is 87.6 Å². The zero-order valence-corrected chi connectivity index (χ0v) is 26.3. The second kappa shape index (κ2) is 11.8. The van der Waals surface area contributed by atoms with Crippen LogP contribution in [0.25, 0.3) is 15.8 Å². The lowest BCUT2D eigenvalue weighted by atomic mass is 9.71. The highest BCUT2D eigenvalue weighted by Crippen LogP contribution is 2.51. The first kappa shape index (κ1) is 30.2. The zero-order valence-electron chi connectivity index (χ0n) is 25.4. The first-order valence-electron chi connectivity index (χ1n) is 14.6. The second-order valence-electron chi connectivity index (χ2n) is 12.6. The topological polar surface area (TPSA) is 94.5 Å². The molecule has 2 heterocycles. The first-order chi connectivity index (χ1) is 20.5. The fourth-order valence-corrected chi connectivity index (χ4v) is 8.00. The molecule has 8 heteroatoms. The van der Waals surface area contributed by atoms with Gasteiger partial charge in [0, 0.05) is 22.9 Å². The Labute approximate surface area is 257 Å². The van der Waals surface area contributed by atoms with Crippen LogP contribution in [0.2, 0.25) is 0 Å². The molecule has 0 atom stereocenters. The third-order valence-electron chi connectivity index (χ3n) is 8.56. The number of nitriles is 1. The molecule has 1 aliphatic heterocycles. The van der Waals surface area contributed by atoms with Crippen molar-refractivity contribution >= 4 is 45.3 Å². The molecule has 5 rings (SSSR count). The molecule has 0 amide bonds. The number of aliphatic carboxylic acids is 1. The van der Waals surface area contributed by atoms with Crippen LogP contribution in [0.15, 0.2) is 77.0 Å². The summed E-state index contributed by atoms with van der Waals surface area (Å²) >= 11 is 1.54. The van der Waals surface area contributed by atoms with E-state index in [2.05, 4.69) is 69.9 Å². The third kappa shape index (κ3) is 5.74. The van der Waals surface area contributed by atoms with E-state index in [1.54, 1.807) is 0 Å². The van der Waals surface area contributed by atoms with Crippen molar-refractivity contribution < 1.29 is 24.0 Å². The number of carboxylic acid groups (broad SMARTS) is 1. The van der Waals surface area contributed by atoms with E-state index in [9.17, 15) is 20.0 Å². The molecule has 0 spiro atoms. The molecular formula is C35H38N3O4S+. The molecule has 1 aliphatic carbocycles.